The second kappa shape index (κ2) is 12.1. The highest BCUT2D eigenvalue weighted by molar-refractivity contribution is 7.85. The van der Waals surface area contributed by atoms with Gasteiger partial charge >= 0.3 is 12.1 Å². The van der Waals surface area contributed by atoms with Crippen molar-refractivity contribution in [3.8, 4) is 22.5 Å². The molecule has 0 aromatic heterocycles. The Morgan fingerprint density at radius 2 is 1.52 bits per heavy atom. The van der Waals surface area contributed by atoms with Crippen LogP contribution >= 0.6 is 0 Å². The zero-order chi connectivity index (χ0) is 31.5. The average Bonchev–Trinajstić information content (AvgIpc) is 2.89. The Balaban J connectivity index is 0.00000237. The number of benzene rings is 3. The molecule has 0 atom stereocenters. The minimum Gasteiger partial charge on any atom is -0.744 e. The Bertz CT molecular complexity index is 1780. The molecule has 1 aliphatic carbocycles. The molecule has 222 valence electrons. The molecule has 4 rings (SSSR count). The van der Waals surface area contributed by atoms with Crippen molar-refractivity contribution in [2.45, 2.75) is 57.6 Å². The van der Waals surface area contributed by atoms with E-state index >= 15 is 0 Å². The van der Waals surface area contributed by atoms with Crippen LogP contribution < -0.4 is 15.9 Å². The molecule has 1 aliphatic heterocycles. The molecular formula is C29H32N4O8S. The zero-order valence-electron chi connectivity index (χ0n) is 23.9. The van der Waals surface area contributed by atoms with Crippen molar-refractivity contribution in [1.29, 1.82) is 11.1 Å². The van der Waals surface area contributed by atoms with Gasteiger partial charge in [0.1, 0.15) is 32.7 Å². The van der Waals surface area contributed by atoms with Gasteiger partial charge in [-0.05, 0) is 71.9 Å². The fourth-order valence-corrected chi connectivity index (χ4v) is 4.72. The predicted octanol–water partition coefficient (Wildman–Crippen LogP) is 4.08. The number of nitrogens with one attached hydrogen (secondary N) is 4. The van der Waals surface area contributed by atoms with Gasteiger partial charge in [-0.3, -0.25) is 0 Å². The number of amides is 1. The van der Waals surface area contributed by atoms with Crippen molar-refractivity contribution in [3.63, 3.8) is 0 Å². The summed E-state index contributed by atoms with van der Waals surface area (Å²) in [4.78, 5) is 24.5. The summed E-state index contributed by atoms with van der Waals surface area (Å²) in [6, 6.07) is 15.5. The monoisotopic (exact) mass is 596 g/mol. The molecular weight excluding hydrogens is 564 g/mol. The highest BCUT2D eigenvalue weighted by Gasteiger charge is 2.24. The van der Waals surface area contributed by atoms with Crippen molar-refractivity contribution in [2.75, 3.05) is 0 Å². The van der Waals surface area contributed by atoms with Crippen LogP contribution in [0.15, 0.2) is 70.0 Å². The maximum atomic E-state index is 12.8. The van der Waals surface area contributed by atoms with Gasteiger partial charge in [0, 0.05) is 28.1 Å². The lowest BCUT2D eigenvalue weighted by Crippen LogP contribution is -2.87. The van der Waals surface area contributed by atoms with Crippen LogP contribution in [0.25, 0.3) is 33.4 Å². The predicted molar refractivity (Wildman–Crippen MR) is 150 cm³/mol. The molecule has 0 unspecified atom stereocenters. The van der Waals surface area contributed by atoms with Crippen LogP contribution in [0.5, 0.6) is 0 Å². The summed E-state index contributed by atoms with van der Waals surface area (Å²) >= 11 is 0. The third-order valence-electron chi connectivity index (χ3n) is 5.49. The van der Waals surface area contributed by atoms with Crippen LogP contribution in [0.2, 0.25) is 0 Å². The molecule has 42 heavy (non-hydrogen) atoms. The van der Waals surface area contributed by atoms with Crippen LogP contribution in [0, 0.1) is 11.1 Å². The van der Waals surface area contributed by atoms with Gasteiger partial charge in [-0.1, -0.05) is 23.6 Å². The fourth-order valence-electron chi connectivity index (χ4n) is 4.04. The minimum absolute atomic E-state index is 0.181. The lowest BCUT2D eigenvalue weighted by Gasteiger charge is -2.20. The van der Waals surface area contributed by atoms with E-state index in [0.717, 1.165) is 0 Å². The molecule has 2 aromatic rings. The normalized spacial score (nSPS) is 12.4. The number of carbonyl (C=O) groups is 2. The van der Waals surface area contributed by atoms with Crippen LogP contribution in [0.3, 0.4) is 0 Å². The molecule has 0 radical (unpaired) electrons. The number of ether oxygens (including phenoxy) is 2. The topological polar surface area (TPSA) is 197 Å². The largest absolute Gasteiger partial charge is 0.744 e. The third-order valence-corrected chi connectivity index (χ3v) is 6.38. The van der Waals surface area contributed by atoms with Crippen LogP contribution in [-0.2, 0) is 19.6 Å². The van der Waals surface area contributed by atoms with Gasteiger partial charge in [-0.15, -0.1) is 5.10 Å². The Morgan fingerprint density at radius 3 is 2.14 bits per heavy atom. The summed E-state index contributed by atoms with van der Waals surface area (Å²) in [6.45, 7) is 10.5. The molecule has 0 fully saturated rings. The standard InChI is InChI=1S/C29H30N2O8S.H2N2/c1-28(2,3)38-26(32)17-11-13-19-22(15-17)37-23-16-18(30-31-27(33)39-29(4,5)6)12-14-20(23)25(19)21-9-7-8-10-24(21)40(34,35)36;1-2/h7-16H,1-6H3,(H,31,33)(H,34,35,36);1-2H. The summed E-state index contributed by atoms with van der Waals surface area (Å²) in [6.07, 6.45) is -0.694. The van der Waals surface area contributed by atoms with E-state index < -0.39 is 38.3 Å². The first-order valence-corrected chi connectivity index (χ1v) is 14.0. The number of carbonyl (C=O) groups excluding carboxylic acids is 2. The number of esters is 1. The molecule has 1 amide bonds. The molecule has 1 heterocycles. The molecule has 13 heteroatoms. The molecule has 0 saturated carbocycles. The van der Waals surface area contributed by atoms with Gasteiger partial charge in [0.05, 0.1) is 16.5 Å². The Kier molecular flexibility index (Phi) is 9.18. The minimum atomic E-state index is -4.83. The maximum Gasteiger partial charge on any atom is 0.461 e. The molecule has 4 N–H and O–H groups in total. The van der Waals surface area contributed by atoms with Crippen molar-refractivity contribution in [2.24, 2.45) is 0 Å². The number of fused-ring (bicyclic) bond motifs is 2. The number of hydrazine groups is 1. The van der Waals surface area contributed by atoms with E-state index in [2.05, 4.69) is 10.5 Å². The first-order chi connectivity index (χ1) is 19.5. The van der Waals surface area contributed by atoms with Crippen LogP contribution in [-0.4, -0.2) is 36.2 Å². The van der Waals surface area contributed by atoms with E-state index in [1.165, 1.54) is 24.3 Å². The van der Waals surface area contributed by atoms with Gasteiger partial charge in [0.2, 0.25) is 5.36 Å². The number of hydrogen-bond acceptors (Lipinski definition) is 10. The van der Waals surface area contributed by atoms with Crippen molar-refractivity contribution < 1.29 is 41.6 Å². The third kappa shape index (κ3) is 7.77. The van der Waals surface area contributed by atoms with Crippen molar-refractivity contribution in [1.82, 2.24) is 5.43 Å². The smallest absolute Gasteiger partial charge is 0.461 e. The van der Waals surface area contributed by atoms with Crippen molar-refractivity contribution in [3.05, 3.63) is 71.6 Å². The highest BCUT2D eigenvalue weighted by atomic mass is 32.2. The SMILES string of the molecule is CC(C)(C)OC(=O)N[NH+]=c1ccc2c(-c3ccccc3S(=O)(=O)[O-])c3ccc(C(=O)OC(C)(C)C)cc3oc-2c1.N=N. The van der Waals surface area contributed by atoms with Gasteiger partial charge in [0.15, 0.2) is 0 Å². The van der Waals surface area contributed by atoms with E-state index in [0.29, 0.717) is 21.9 Å². The van der Waals surface area contributed by atoms with Gasteiger partial charge < -0.3 is 18.4 Å². The molecule has 0 bridgehead atoms. The second-order valence-electron chi connectivity index (χ2n) is 11.1. The molecule has 0 spiro atoms. The maximum absolute atomic E-state index is 12.8. The summed E-state index contributed by atoms with van der Waals surface area (Å²) in [7, 11) is -4.83. The molecule has 12 nitrogen and oxygen atoms in total. The number of hydrogen-bond donors (Lipinski definition) is 4. The fraction of sp³-hybridized carbons (Fsp3) is 0.276. The van der Waals surface area contributed by atoms with Gasteiger partial charge in [0.25, 0.3) is 0 Å². The molecule has 2 aromatic carbocycles. The number of rotatable bonds is 4. The van der Waals surface area contributed by atoms with E-state index in [1.807, 2.05) is 0 Å². The van der Waals surface area contributed by atoms with E-state index in [4.69, 9.17) is 25.0 Å². The van der Waals surface area contributed by atoms with Crippen LogP contribution in [0.4, 0.5) is 4.79 Å². The first-order valence-electron chi connectivity index (χ1n) is 12.6. The van der Waals surface area contributed by atoms with E-state index in [1.54, 1.807) is 77.9 Å². The Hall–Kier alpha value is -4.62. The highest BCUT2D eigenvalue weighted by Crippen LogP contribution is 2.42. The molecule has 2 aliphatic rings. The van der Waals surface area contributed by atoms with Gasteiger partial charge in [-0.2, -0.15) is 0 Å². The Labute approximate surface area is 242 Å². The summed E-state index contributed by atoms with van der Waals surface area (Å²) in [5, 5.41) is 3.66. The van der Waals surface area contributed by atoms with Crippen molar-refractivity contribution >= 4 is 33.1 Å². The van der Waals surface area contributed by atoms with E-state index in [9.17, 15) is 22.6 Å². The zero-order valence-corrected chi connectivity index (χ0v) is 24.8. The quantitative estimate of drug-likeness (QED) is 0.0888. The summed E-state index contributed by atoms with van der Waals surface area (Å²) in [5.74, 6) is -0.274. The van der Waals surface area contributed by atoms with Crippen LogP contribution in [0.1, 0.15) is 51.9 Å². The average molecular weight is 597 g/mol. The summed E-state index contributed by atoms with van der Waals surface area (Å²) in [5.41, 5.74) is 12.6. The second-order valence-corrected chi connectivity index (χ2v) is 12.5. The lowest BCUT2D eigenvalue weighted by atomic mass is 9.93. The Morgan fingerprint density at radius 1 is 0.881 bits per heavy atom. The van der Waals surface area contributed by atoms with Gasteiger partial charge in [-0.25, -0.2) is 29.1 Å². The summed E-state index contributed by atoms with van der Waals surface area (Å²) < 4.78 is 53.4. The molecule has 0 saturated heterocycles. The first kappa shape index (κ1) is 31.9. The van der Waals surface area contributed by atoms with E-state index in [-0.39, 0.29) is 22.5 Å². The lowest BCUT2D eigenvalue weighted by molar-refractivity contribution is -0.552.